The highest BCUT2D eigenvalue weighted by atomic mass is 32.2. The van der Waals surface area contributed by atoms with E-state index in [4.69, 9.17) is 0 Å². The zero-order chi connectivity index (χ0) is 18.4. The van der Waals surface area contributed by atoms with E-state index in [9.17, 15) is 14.4 Å². The molecule has 1 atom stereocenters. The van der Waals surface area contributed by atoms with Crippen molar-refractivity contribution in [1.82, 2.24) is 10.6 Å². The number of nitrogens with one attached hydrogen (secondary N) is 3. The van der Waals surface area contributed by atoms with E-state index in [1.807, 2.05) is 20.1 Å². The summed E-state index contributed by atoms with van der Waals surface area (Å²) in [5, 5.41) is 8.33. The lowest BCUT2D eigenvalue weighted by molar-refractivity contribution is -0.123. The molecule has 3 N–H and O–H groups in total. The molecule has 25 heavy (non-hydrogen) atoms. The summed E-state index contributed by atoms with van der Waals surface area (Å²) in [7, 11) is 0. The molecule has 0 bridgehead atoms. The highest BCUT2D eigenvalue weighted by Gasteiger charge is 2.29. The number of anilines is 2. The summed E-state index contributed by atoms with van der Waals surface area (Å²) < 4.78 is 0. The number of rotatable bonds is 6. The molecule has 0 aromatic heterocycles. The second-order valence-electron chi connectivity index (χ2n) is 6.10. The van der Waals surface area contributed by atoms with Gasteiger partial charge in [-0.2, -0.15) is 11.8 Å². The number of amides is 4. The number of hydrogen-bond acceptors (Lipinski definition) is 4. The van der Waals surface area contributed by atoms with Gasteiger partial charge in [-0.05, 0) is 44.4 Å². The largest absolute Gasteiger partial charge is 0.352 e. The van der Waals surface area contributed by atoms with E-state index in [0.29, 0.717) is 17.8 Å². The fraction of sp³-hybridized carbons (Fsp3) is 0.471. The number of hydrogen-bond donors (Lipinski definition) is 3. The lowest BCUT2D eigenvalue weighted by Gasteiger charge is -2.30. The van der Waals surface area contributed by atoms with Crippen LogP contribution in [0.5, 0.6) is 0 Å². The topological polar surface area (TPSA) is 90.5 Å². The monoisotopic (exact) mass is 364 g/mol. The van der Waals surface area contributed by atoms with Crippen LogP contribution in [0.4, 0.5) is 16.2 Å². The maximum absolute atomic E-state index is 12.7. The molecule has 4 amide bonds. The normalized spacial score (nSPS) is 14.6. The van der Waals surface area contributed by atoms with Crippen molar-refractivity contribution in [3.8, 4) is 0 Å². The first kappa shape index (κ1) is 19.1. The van der Waals surface area contributed by atoms with Crippen molar-refractivity contribution in [3.63, 3.8) is 0 Å². The van der Waals surface area contributed by atoms with Crippen LogP contribution >= 0.6 is 11.8 Å². The maximum atomic E-state index is 12.7. The van der Waals surface area contributed by atoms with Crippen molar-refractivity contribution in [3.05, 3.63) is 24.3 Å². The molecule has 8 heteroatoms. The molecule has 0 aliphatic carbocycles. The number of thioether (sulfide) groups is 1. The molecule has 0 saturated carbocycles. The average Bonchev–Trinajstić information content (AvgIpc) is 2.56. The molecule has 0 radical (unpaired) electrons. The summed E-state index contributed by atoms with van der Waals surface area (Å²) >= 11 is 1.61. The molecule has 1 aromatic carbocycles. The third-order valence-electron chi connectivity index (χ3n) is 3.67. The van der Waals surface area contributed by atoms with Gasteiger partial charge in [0, 0.05) is 6.04 Å². The van der Waals surface area contributed by atoms with Crippen molar-refractivity contribution in [2.75, 3.05) is 28.8 Å². The standard InChI is InChI=1S/C17H24N4O3S/c1-11(2)18-16(23)13(8-9-25-3)20-17(24)21-10-15(22)19-12-6-4-5-7-14(12)21/h4-7,11,13H,8-10H2,1-3H3,(H,18,23)(H,19,22)(H,20,24)/t13-/m0/s1. The van der Waals surface area contributed by atoms with Crippen LogP contribution in [-0.2, 0) is 9.59 Å². The summed E-state index contributed by atoms with van der Waals surface area (Å²) in [6.45, 7) is 3.66. The van der Waals surface area contributed by atoms with E-state index < -0.39 is 12.1 Å². The van der Waals surface area contributed by atoms with Gasteiger partial charge in [-0.1, -0.05) is 12.1 Å². The van der Waals surface area contributed by atoms with Crippen LogP contribution in [-0.4, -0.2) is 48.5 Å². The number of carbonyl (C=O) groups excluding carboxylic acids is 3. The summed E-state index contributed by atoms with van der Waals surface area (Å²) in [5.74, 6) is 0.265. The Hall–Kier alpha value is -2.22. The number of fused-ring (bicyclic) bond motifs is 1. The van der Waals surface area contributed by atoms with E-state index in [-0.39, 0.29) is 24.4 Å². The smallest absolute Gasteiger partial charge is 0.323 e. The Morgan fingerprint density at radius 2 is 2.00 bits per heavy atom. The Kier molecular flexibility index (Phi) is 6.69. The maximum Gasteiger partial charge on any atom is 0.323 e. The first-order valence-electron chi connectivity index (χ1n) is 8.18. The molecule has 0 spiro atoms. The molecule has 136 valence electrons. The minimum Gasteiger partial charge on any atom is -0.352 e. The Morgan fingerprint density at radius 1 is 1.28 bits per heavy atom. The van der Waals surface area contributed by atoms with Crippen LogP contribution < -0.4 is 20.9 Å². The third-order valence-corrected chi connectivity index (χ3v) is 4.32. The third kappa shape index (κ3) is 5.12. The van der Waals surface area contributed by atoms with Gasteiger partial charge in [0.15, 0.2) is 0 Å². The van der Waals surface area contributed by atoms with Gasteiger partial charge in [-0.3, -0.25) is 14.5 Å². The molecule has 1 aliphatic rings. The summed E-state index contributed by atoms with van der Waals surface area (Å²) in [5.41, 5.74) is 1.20. The second-order valence-corrected chi connectivity index (χ2v) is 7.08. The number of urea groups is 1. The van der Waals surface area contributed by atoms with Gasteiger partial charge in [-0.15, -0.1) is 0 Å². The van der Waals surface area contributed by atoms with Crippen molar-refractivity contribution >= 4 is 41.0 Å². The minimum atomic E-state index is -0.639. The predicted octanol–water partition coefficient (Wildman–Crippen LogP) is 1.80. The molecule has 7 nitrogen and oxygen atoms in total. The van der Waals surface area contributed by atoms with Crippen molar-refractivity contribution in [2.24, 2.45) is 0 Å². The van der Waals surface area contributed by atoms with Gasteiger partial charge < -0.3 is 16.0 Å². The lowest BCUT2D eigenvalue weighted by Crippen LogP contribution is -2.54. The number of benzene rings is 1. The van der Waals surface area contributed by atoms with E-state index in [0.717, 1.165) is 5.75 Å². The highest BCUT2D eigenvalue weighted by molar-refractivity contribution is 7.98. The molecular weight excluding hydrogens is 340 g/mol. The minimum absolute atomic E-state index is 0.0114. The van der Waals surface area contributed by atoms with Gasteiger partial charge in [-0.25, -0.2) is 4.79 Å². The fourth-order valence-corrected chi connectivity index (χ4v) is 3.00. The number of nitrogens with zero attached hydrogens (tertiary/aromatic N) is 1. The van der Waals surface area contributed by atoms with E-state index in [1.54, 1.807) is 36.0 Å². The van der Waals surface area contributed by atoms with E-state index in [1.165, 1.54) is 4.90 Å². The quantitative estimate of drug-likeness (QED) is 0.718. The van der Waals surface area contributed by atoms with Gasteiger partial charge in [0.25, 0.3) is 0 Å². The SMILES string of the molecule is CSCC[C@H](NC(=O)N1CC(=O)Nc2ccccc21)C(=O)NC(C)C. The van der Waals surface area contributed by atoms with Crippen LogP contribution in [0.3, 0.4) is 0 Å². The van der Waals surface area contributed by atoms with Gasteiger partial charge >= 0.3 is 6.03 Å². The summed E-state index contributed by atoms with van der Waals surface area (Å²) in [4.78, 5) is 38.3. The van der Waals surface area contributed by atoms with Crippen molar-refractivity contribution in [2.45, 2.75) is 32.4 Å². The molecule has 1 aliphatic heterocycles. The second kappa shape index (κ2) is 8.75. The van der Waals surface area contributed by atoms with Gasteiger partial charge in [0.05, 0.1) is 11.4 Å². The number of carbonyl (C=O) groups is 3. The molecule has 0 unspecified atom stereocenters. The fourth-order valence-electron chi connectivity index (χ4n) is 2.53. The molecule has 1 heterocycles. The predicted molar refractivity (Wildman–Crippen MR) is 101 cm³/mol. The van der Waals surface area contributed by atoms with Gasteiger partial charge in [0.2, 0.25) is 11.8 Å². The molecule has 2 rings (SSSR count). The van der Waals surface area contributed by atoms with E-state index >= 15 is 0 Å². The molecule has 0 fully saturated rings. The Balaban J connectivity index is 2.14. The Bertz CT molecular complexity index is 651. The van der Waals surface area contributed by atoms with Crippen molar-refractivity contribution in [1.29, 1.82) is 0 Å². The van der Waals surface area contributed by atoms with Crippen LogP contribution in [0.1, 0.15) is 20.3 Å². The molecule has 0 saturated heterocycles. The molecular formula is C17H24N4O3S. The average molecular weight is 364 g/mol. The first-order chi connectivity index (χ1) is 11.9. The Labute approximate surface area is 151 Å². The van der Waals surface area contributed by atoms with Crippen LogP contribution in [0.25, 0.3) is 0 Å². The number of para-hydroxylation sites is 2. The van der Waals surface area contributed by atoms with Gasteiger partial charge in [0.1, 0.15) is 12.6 Å². The van der Waals surface area contributed by atoms with Crippen LogP contribution in [0.2, 0.25) is 0 Å². The zero-order valence-electron chi connectivity index (χ0n) is 14.7. The van der Waals surface area contributed by atoms with Crippen LogP contribution in [0.15, 0.2) is 24.3 Å². The highest BCUT2D eigenvalue weighted by Crippen LogP contribution is 2.28. The summed E-state index contributed by atoms with van der Waals surface area (Å²) in [6, 6.07) is 5.99. The first-order valence-corrected chi connectivity index (χ1v) is 9.58. The Morgan fingerprint density at radius 3 is 2.68 bits per heavy atom. The summed E-state index contributed by atoms with van der Waals surface area (Å²) in [6.07, 6.45) is 2.47. The molecule has 1 aromatic rings. The zero-order valence-corrected chi connectivity index (χ0v) is 15.5. The van der Waals surface area contributed by atoms with Crippen LogP contribution in [0, 0.1) is 0 Å². The van der Waals surface area contributed by atoms with E-state index in [2.05, 4.69) is 16.0 Å². The lowest BCUT2D eigenvalue weighted by atomic mass is 10.2. The van der Waals surface area contributed by atoms with Crippen molar-refractivity contribution < 1.29 is 14.4 Å².